The molecule has 0 saturated heterocycles. The number of hydrogen-bond acceptors (Lipinski definition) is 2. The van der Waals surface area contributed by atoms with Crippen molar-refractivity contribution in [1.29, 1.82) is 0 Å². The van der Waals surface area contributed by atoms with E-state index >= 15 is 0 Å². The summed E-state index contributed by atoms with van der Waals surface area (Å²) in [7, 11) is 1.73. The van der Waals surface area contributed by atoms with Crippen molar-refractivity contribution in [2.45, 2.75) is 39.2 Å². The molecule has 1 rings (SSSR count). The lowest BCUT2D eigenvalue weighted by Crippen LogP contribution is -2.39. The van der Waals surface area contributed by atoms with Crippen molar-refractivity contribution < 1.29 is 9.13 Å². The van der Waals surface area contributed by atoms with Gasteiger partial charge in [-0.15, -0.1) is 0 Å². The smallest absolute Gasteiger partial charge is 0.123 e. The molecule has 0 saturated carbocycles. The van der Waals surface area contributed by atoms with E-state index in [0.29, 0.717) is 5.92 Å². The Balaban J connectivity index is 2.55. The molecule has 2 nitrogen and oxygen atoms in total. The first-order valence-corrected chi connectivity index (χ1v) is 6.89. The van der Waals surface area contributed by atoms with Gasteiger partial charge in [-0.3, -0.25) is 0 Å². The molecule has 19 heavy (non-hydrogen) atoms. The minimum absolute atomic E-state index is 0.119. The third-order valence-electron chi connectivity index (χ3n) is 3.09. The van der Waals surface area contributed by atoms with Gasteiger partial charge in [0.2, 0.25) is 0 Å². The highest BCUT2D eigenvalue weighted by Crippen LogP contribution is 2.14. The Hall–Kier alpha value is -0.930. The summed E-state index contributed by atoms with van der Waals surface area (Å²) in [6, 6.07) is 6.79. The lowest BCUT2D eigenvalue weighted by Gasteiger charge is -2.25. The maximum Gasteiger partial charge on any atom is 0.123 e. The summed E-state index contributed by atoms with van der Waals surface area (Å²) in [4.78, 5) is 0. The fourth-order valence-electron chi connectivity index (χ4n) is 1.97. The molecule has 1 N–H and O–H groups in total. The number of nitrogens with one attached hydrogen (secondary N) is 1. The number of rotatable bonds is 7. The third kappa shape index (κ3) is 7.28. The molecule has 0 radical (unpaired) electrons. The standard InChI is InChI=1S/C16H26FNO/c1-16(2,3)18-12-14(9-10-19-4)11-13-5-7-15(17)8-6-13/h5-8,14,18H,9-12H2,1-4H3. The molecule has 0 spiro atoms. The molecule has 0 amide bonds. The Kier molecular flexibility index (Phi) is 6.46. The fraction of sp³-hybridized carbons (Fsp3) is 0.625. The quantitative estimate of drug-likeness (QED) is 0.817. The Bertz CT molecular complexity index is 356. The van der Waals surface area contributed by atoms with Crippen LogP contribution in [0.15, 0.2) is 24.3 Å². The van der Waals surface area contributed by atoms with E-state index in [4.69, 9.17) is 4.74 Å². The average molecular weight is 267 g/mol. The van der Waals surface area contributed by atoms with Crippen molar-refractivity contribution in [3.63, 3.8) is 0 Å². The first-order chi connectivity index (χ1) is 8.90. The van der Waals surface area contributed by atoms with Crippen LogP contribution in [0, 0.1) is 11.7 Å². The zero-order chi connectivity index (χ0) is 14.3. The van der Waals surface area contributed by atoms with Crippen LogP contribution in [0.5, 0.6) is 0 Å². The first-order valence-electron chi connectivity index (χ1n) is 6.89. The van der Waals surface area contributed by atoms with E-state index in [9.17, 15) is 4.39 Å². The van der Waals surface area contributed by atoms with Crippen molar-refractivity contribution in [1.82, 2.24) is 5.32 Å². The van der Waals surface area contributed by atoms with E-state index < -0.39 is 0 Å². The van der Waals surface area contributed by atoms with E-state index in [2.05, 4.69) is 26.1 Å². The number of methoxy groups -OCH3 is 1. The fourth-order valence-corrected chi connectivity index (χ4v) is 1.97. The molecule has 1 aromatic rings. The van der Waals surface area contributed by atoms with Crippen molar-refractivity contribution >= 4 is 0 Å². The summed E-state index contributed by atoms with van der Waals surface area (Å²) in [5, 5.41) is 3.53. The molecular weight excluding hydrogens is 241 g/mol. The molecule has 0 fully saturated rings. The van der Waals surface area contributed by atoms with E-state index in [0.717, 1.165) is 26.0 Å². The van der Waals surface area contributed by atoms with Gasteiger partial charge in [-0.2, -0.15) is 0 Å². The lowest BCUT2D eigenvalue weighted by molar-refractivity contribution is 0.173. The van der Waals surface area contributed by atoms with Crippen LogP contribution in [0.2, 0.25) is 0 Å². The second-order valence-corrected chi connectivity index (χ2v) is 6.11. The van der Waals surface area contributed by atoms with E-state index in [-0.39, 0.29) is 11.4 Å². The van der Waals surface area contributed by atoms with Crippen molar-refractivity contribution in [3.05, 3.63) is 35.6 Å². The minimum Gasteiger partial charge on any atom is -0.385 e. The maximum atomic E-state index is 12.9. The molecule has 1 atom stereocenters. The van der Waals surface area contributed by atoms with Gasteiger partial charge in [0, 0.05) is 19.3 Å². The van der Waals surface area contributed by atoms with Gasteiger partial charge < -0.3 is 10.1 Å². The van der Waals surface area contributed by atoms with Crippen LogP contribution >= 0.6 is 0 Å². The van der Waals surface area contributed by atoms with Crippen molar-refractivity contribution in [2.24, 2.45) is 5.92 Å². The normalized spacial score (nSPS) is 13.5. The van der Waals surface area contributed by atoms with E-state index in [1.807, 2.05) is 12.1 Å². The Morgan fingerprint density at radius 2 is 1.84 bits per heavy atom. The summed E-state index contributed by atoms with van der Waals surface area (Å²) in [6.45, 7) is 8.21. The molecular formula is C16H26FNO. The van der Waals surface area contributed by atoms with E-state index in [1.54, 1.807) is 7.11 Å². The number of hydrogen-bond donors (Lipinski definition) is 1. The molecule has 0 heterocycles. The van der Waals surface area contributed by atoms with Gasteiger partial charge in [-0.05, 0) is 63.8 Å². The number of ether oxygens (including phenoxy) is 1. The Morgan fingerprint density at radius 1 is 1.21 bits per heavy atom. The molecule has 0 aliphatic carbocycles. The SMILES string of the molecule is COCCC(CNC(C)(C)C)Cc1ccc(F)cc1. The van der Waals surface area contributed by atoms with Crippen LogP contribution in [0.3, 0.4) is 0 Å². The van der Waals surface area contributed by atoms with Gasteiger partial charge in [0.1, 0.15) is 5.82 Å². The summed E-state index contributed by atoms with van der Waals surface area (Å²) in [5.41, 5.74) is 1.30. The monoisotopic (exact) mass is 267 g/mol. The zero-order valence-electron chi connectivity index (χ0n) is 12.5. The van der Waals surface area contributed by atoms with Crippen LogP contribution in [0.4, 0.5) is 4.39 Å². The predicted octanol–water partition coefficient (Wildman–Crippen LogP) is 3.41. The van der Waals surface area contributed by atoms with Crippen LogP contribution < -0.4 is 5.32 Å². The van der Waals surface area contributed by atoms with Crippen LogP contribution in [-0.4, -0.2) is 25.8 Å². The van der Waals surface area contributed by atoms with Crippen molar-refractivity contribution in [3.8, 4) is 0 Å². The minimum atomic E-state index is -0.176. The van der Waals surface area contributed by atoms with Gasteiger partial charge in [0.05, 0.1) is 0 Å². The summed E-state index contributed by atoms with van der Waals surface area (Å²) >= 11 is 0. The first kappa shape index (κ1) is 16.1. The Labute approximate surface area is 116 Å². The van der Waals surface area contributed by atoms with Gasteiger partial charge in [0.15, 0.2) is 0 Å². The number of benzene rings is 1. The maximum absolute atomic E-state index is 12.9. The summed E-state index contributed by atoms with van der Waals surface area (Å²) < 4.78 is 18.1. The van der Waals surface area contributed by atoms with E-state index in [1.165, 1.54) is 17.7 Å². The summed E-state index contributed by atoms with van der Waals surface area (Å²) in [6.07, 6.45) is 1.96. The molecule has 0 bridgehead atoms. The predicted molar refractivity (Wildman–Crippen MR) is 77.8 cm³/mol. The lowest BCUT2D eigenvalue weighted by atomic mass is 9.95. The highest BCUT2D eigenvalue weighted by molar-refractivity contribution is 5.16. The highest BCUT2D eigenvalue weighted by atomic mass is 19.1. The van der Waals surface area contributed by atoms with Crippen LogP contribution in [-0.2, 0) is 11.2 Å². The van der Waals surface area contributed by atoms with Crippen LogP contribution in [0.25, 0.3) is 0 Å². The second-order valence-electron chi connectivity index (χ2n) is 6.11. The molecule has 0 aliphatic rings. The molecule has 3 heteroatoms. The second kappa shape index (κ2) is 7.61. The third-order valence-corrected chi connectivity index (χ3v) is 3.09. The molecule has 1 aromatic carbocycles. The van der Waals surface area contributed by atoms with Gasteiger partial charge in [-0.1, -0.05) is 12.1 Å². The largest absolute Gasteiger partial charge is 0.385 e. The molecule has 0 aliphatic heterocycles. The highest BCUT2D eigenvalue weighted by Gasteiger charge is 2.14. The van der Waals surface area contributed by atoms with Crippen molar-refractivity contribution in [2.75, 3.05) is 20.3 Å². The zero-order valence-corrected chi connectivity index (χ0v) is 12.5. The number of halogens is 1. The molecule has 1 unspecified atom stereocenters. The molecule has 0 aromatic heterocycles. The van der Waals surface area contributed by atoms with Gasteiger partial charge in [-0.25, -0.2) is 4.39 Å². The average Bonchev–Trinajstić information content (AvgIpc) is 2.34. The molecule has 108 valence electrons. The van der Waals surface area contributed by atoms with Crippen LogP contribution in [0.1, 0.15) is 32.8 Å². The van der Waals surface area contributed by atoms with Gasteiger partial charge >= 0.3 is 0 Å². The van der Waals surface area contributed by atoms with Gasteiger partial charge in [0.25, 0.3) is 0 Å². The topological polar surface area (TPSA) is 21.3 Å². The Morgan fingerprint density at radius 3 is 2.37 bits per heavy atom. The summed E-state index contributed by atoms with van der Waals surface area (Å²) in [5.74, 6) is 0.328.